The van der Waals surface area contributed by atoms with E-state index in [9.17, 15) is 4.79 Å². The van der Waals surface area contributed by atoms with Crippen LogP contribution in [0.2, 0.25) is 0 Å². The van der Waals surface area contributed by atoms with E-state index in [1.54, 1.807) is 7.11 Å². The molecular formula is C23H36N2O3. The molecule has 0 spiro atoms. The molecule has 1 aromatic rings. The molecular weight excluding hydrogens is 352 g/mol. The van der Waals surface area contributed by atoms with Crippen molar-refractivity contribution >= 4 is 6.09 Å². The summed E-state index contributed by atoms with van der Waals surface area (Å²) in [4.78, 5) is 14.2. The predicted molar refractivity (Wildman–Crippen MR) is 112 cm³/mol. The van der Waals surface area contributed by atoms with E-state index < -0.39 is 5.60 Å². The van der Waals surface area contributed by atoms with Crippen LogP contribution >= 0.6 is 0 Å². The SMILES string of the molecule is COCC1(C(C)N[C@@H]2CC2c2ccccc2)CCN(C(=O)OC(C)(C)C)CC1. The number of benzene rings is 1. The highest BCUT2D eigenvalue weighted by Crippen LogP contribution is 2.43. The maximum absolute atomic E-state index is 12.4. The zero-order chi connectivity index (χ0) is 20.4. The Morgan fingerprint density at radius 3 is 2.46 bits per heavy atom. The monoisotopic (exact) mass is 388 g/mol. The van der Waals surface area contributed by atoms with E-state index in [-0.39, 0.29) is 11.5 Å². The maximum Gasteiger partial charge on any atom is 0.410 e. The highest BCUT2D eigenvalue weighted by molar-refractivity contribution is 5.68. The summed E-state index contributed by atoms with van der Waals surface area (Å²) in [5, 5.41) is 3.87. The lowest BCUT2D eigenvalue weighted by molar-refractivity contribution is -0.0191. The standard InChI is InChI=1S/C23H36N2O3/c1-17(24-20-15-19(20)18-9-7-6-8-10-18)23(16-27-5)11-13-25(14-12-23)21(26)28-22(2,3)4/h6-10,17,19-20,24H,11-16H2,1-5H3/t17?,19?,20-/m1/s1. The van der Waals surface area contributed by atoms with Gasteiger partial charge in [-0.2, -0.15) is 0 Å². The zero-order valence-electron chi connectivity index (χ0n) is 18.0. The van der Waals surface area contributed by atoms with Crippen molar-refractivity contribution < 1.29 is 14.3 Å². The number of nitrogens with one attached hydrogen (secondary N) is 1. The van der Waals surface area contributed by atoms with Crippen LogP contribution < -0.4 is 5.32 Å². The number of hydrogen-bond acceptors (Lipinski definition) is 4. The van der Waals surface area contributed by atoms with Crippen LogP contribution in [-0.2, 0) is 9.47 Å². The number of carbonyl (C=O) groups is 1. The summed E-state index contributed by atoms with van der Waals surface area (Å²) < 4.78 is 11.2. The van der Waals surface area contributed by atoms with Crippen molar-refractivity contribution in [3.63, 3.8) is 0 Å². The summed E-state index contributed by atoms with van der Waals surface area (Å²) in [7, 11) is 1.78. The third-order valence-electron chi connectivity index (χ3n) is 6.24. The lowest BCUT2D eigenvalue weighted by atomic mass is 9.73. The first-order valence-electron chi connectivity index (χ1n) is 10.5. The largest absolute Gasteiger partial charge is 0.444 e. The van der Waals surface area contributed by atoms with Crippen LogP contribution in [0.1, 0.15) is 58.4 Å². The summed E-state index contributed by atoms with van der Waals surface area (Å²) in [6.07, 6.45) is 2.85. The van der Waals surface area contributed by atoms with Crippen molar-refractivity contribution in [2.45, 2.75) is 70.6 Å². The van der Waals surface area contributed by atoms with Gasteiger partial charge in [0, 0.05) is 43.6 Å². The zero-order valence-corrected chi connectivity index (χ0v) is 18.0. The fourth-order valence-corrected chi connectivity index (χ4v) is 4.40. The molecule has 1 N–H and O–H groups in total. The molecule has 156 valence electrons. The van der Waals surface area contributed by atoms with Gasteiger partial charge in [-0.15, -0.1) is 0 Å². The van der Waals surface area contributed by atoms with Crippen molar-refractivity contribution in [3.8, 4) is 0 Å². The predicted octanol–water partition coefficient (Wildman–Crippen LogP) is 4.18. The summed E-state index contributed by atoms with van der Waals surface area (Å²) >= 11 is 0. The third-order valence-corrected chi connectivity index (χ3v) is 6.24. The van der Waals surface area contributed by atoms with Crippen LogP contribution in [0.25, 0.3) is 0 Å². The summed E-state index contributed by atoms with van der Waals surface area (Å²) in [5.41, 5.74) is 1.02. The number of amides is 1. The third kappa shape index (κ3) is 5.06. The first kappa shape index (κ1) is 21.1. The molecule has 1 saturated heterocycles. The van der Waals surface area contributed by atoms with Crippen molar-refractivity contribution in [1.29, 1.82) is 0 Å². The van der Waals surface area contributed by atoms with Gasteiger partial charge in [0.2, 0.25) is 0 Å². The Balaban J connectivity index is 1.57. The number of carbonyl (C=O) groups excluding carboxylic acids is 1. The number of hydrogen-bond donors (Lipinski definition) is 1. The molecule has 1 aliphatic heterocycles. The molecule has 1 heterocycles. The second-order valence-electron chi connectivity index (χ2n) is 9.51. The van der Waals surface area contributed by atoms with E-state index in [0.29, 0.717) is 24.6 Å². The van der Waals surface area contributed by atoms with Crippen LogP contribution in [0.4, 0.5) is 4.79 Å². The highest BCUT2D eigenvalue weighted by atomic mass is 16.6. The van der Waals surface area contributed by atoms with Crippen molar-refractivity contribution in [2.75, 3.05) is 26.8 Å². The number of piperidine rings is 1. The molecule has 28 heavy (non-hydrogen) atoms. The Morgan fingerprint density at radius 2 is 1.89 bits per heavy atom. The van der Waals surface area contributed by atoms with Crippen LogP contribution in [-0.4, -0.2) is 55.5 Å². The van der Waals surface area contributed by atoms with Crippen LogP contribution in [0.15, 0.2) is 30.3 Å². The van der Waals surface area contributed by atoms with E-state index in [1.165, 1.54) is 12.0 Å². The molecule has 0 aromatic heterocycles. The number of likely N-dealkylation sites (tertiary alicyclic amines) is 1. The van der Waals surface area contributed by atoms with Gasteiger partial charge in [-0.05, 0) is 52.5 Å². The smallest absolute Gasteiger partial charge is 0.410 e. The molecule has 3 atom stereocenters. The number of ether oxygens (including phenoxy) is 2. The minimum atomic E-state index is -0.453. The van der Waals surface area contributed by atoms with Crippen molar-refractivity contribution in [1.82, 2.24) is 10.2 Å². The lowest BCUT2D eigenvalue weighted by Crippen LogP contribution is -2.54. The topological polar surface area (TPSA) is 50.8 Å². The van der Waals surface area contributed by atoms with E-state index in [1.807, 2.05) is 25.7 Å². The van der Waals surface area contributed by atoms with E-state index in [4.69, 9.17) is 9.47 Å². The Labute approximate surface area is 169 Å². The van der Waals surface area contributed by atoms with Crippen LogP contribution in [0.3, 0.4) is 0 Å². The first-order chi connectivity index (χ1) is 13.2. The molecule has 2 unspecified atom stereocenters. The molecule has 2 fully saturated rings. The molecule has 5 heteroatoms. The Hall–Kier alpha value is -1.59. The highest BCUT2D eigenvalue weighted by Gasteiger charge is 2.45. The molecule has 0 radical (unpaired) electrons. The van der Waals surface area contributed by atoms with E-state index in [0.717, 1.165) is 25.9 Å². The molecule has 1 amide bonds. The Kier molecular flexibility index (Phi) is 6.35. The summed E-state index contributed by atoms with van der Waals surface area (Å²) in [5.74, 6) is 0.616. The van der Waals surface area contributed by atoms with Gasteiger partial charge in [0.05, 0.1) is 6.61 Å². The summed E-state index contributed by atoms with van der Waals surface area (Å²) in [6.45, 7) is 10.2. The number of rotatable bonds is 6. The molecule has 3 rings (SSSR count). The molecule has 0 bridgehead atoms. The van der Waals surface area contributed by atoms with E-state index in [2.05, 4.69) is 42.6 Å². The van der Waals surface area contributed by atoms with E-state index >= 15 is 0 Å². The van der Waals surface area contributed by atoms with Gasteiger partial charge in [-0.3, -0.25) is 0 Å². The molecule has 1 aromatic carbocycles. The normalized spacial score (nSPS) is 25.2. The Morgan fingerprint density at radius 1 is 1.25 bits per heavy atom. The number of methoxy groups -OCH3 is 1. The average molecular weight is 389 g/mol. The second-order valence-corrected chi connectivity index (χ2v) is 9.51. The molecule has 1 aliphatic carbocycles. The maximum atomic E-state index is 12.4. The van der Waals surface area contributed by atoms with Gasteiger partial charge in [-0.1, -0.05) is 30.3 Å². The van der Waals surface area contributed by atoms with Gasteiger partial charge >= 0.3 is 6.09 Å². The van der Waals surface area contributed by atoms with Gasteiger partial charge in [0.25, 0.3) is 0 Å². The van der Waals surface area contributed by atoms with Crippen molar-refractivity contribution in [2.24, 2.45) is 5.41 Å². The fourth-order valence-electron chi connectivity index (χ4n) is 4.40. The summed E-state index contributed by atoms with van der Waals surface area (Å²) in [6, 6.07) is 11.6. The molecule has 5 nitrogen and oxygen atoms in total. The van der Waals surface area contributed by atoms with Crippen LogP contribution in [0.5, 0.6) is 0 Å². The first-order valence-corrected chi connectivity index (χ1v) is 10.5. The minimum Gasteiger partial charge on any atom is -0.444 e. The second kappa shape index (κ2) is 8.42. The van der Waals surface area contributed by atoms with Gasteiger partial charge in [0.15, 0.2) is 0 Å². The van der Waals surface area contributed by atoms with Gasteiger partial charge < -0.3 is 19.7 Å². The molecule has 1 saturated carbocycles. The van der Waals surface area contributed by atoms with Gasteiger partial charge in [-0.25, -0.2) is 4.79 Å². The minimum absolute atomic E-state index is 0.0527. The number of nitrogens with zero attached hydrogens (tertiary/aromatic N) is 1. The van der Waals surface area contributed by atoms with Gasteiger partial charge in [0.1, 0.15) is 5.60 Å². The van der Waals surface area contributed by atoms with Crippen molar-refractivity contribution in [3.05, 3.63) is 35.9 Å². The Bertz CT molecular complexity index is 648. The fraction of sp³-hybridized carbons (Fsp3) is 0.696. The molecule has 2 aliphatic rings. The quantitative estimate of drug-likeness (QED) is 0.794. The lowest BCUT2D eigenvalue weighted by Gasteiger charge is -2.45. The average Bonchev–Trinajstić information content (AvgIpc) is 3.41. The van der Waals surface area contributed by atoms with Crippen LogP contribution in [0, 0.1) is 5.41 Å².